The molecule has 5 nitrogen and oxygen atoms in total. The highest BCUT2D eigenvalue weighted by Crippen LogP contribution is 2.21. The van der Waals surface area contributed by atoms with Crippen molar-refractivity contribution in [2.75, 3.05) is 13.2 Å². The Hall–Kier alpha value is -3.47. The summed E-state index contributed by atoms with van der Waals surface area (Å²) in [6.07, 6.45) is 3.19. The largest absolute Gasteiger partial charge is 0.492 e. The third-order valence-corrected chi connectivity index (χ3v) is 4.00. The van der Waals surface area contributed by atoms with Crippen molar-refractivity contribution in [3.63, 3.8) is 0 Å². The van der Waals surface area contributed by atoms with Gasteiger partial charge in [-0.2, -0.15) is 0 Å². The monoisotopic (exact) mass is 360 g/mol. The molecule has 5 heteroatoms. The second-order valence-electron chi connectivity index (χ2n) is 6.02. The van der Waals surface area contributed by atoms with Crippen molar-refractivity contribution < 1.29 is 14.3 Å². The SMILES string of the molecule is CC(=O)c1cccc(-c2cncc(C(=O)NCCOc3ccccc3)c2)c1. The Bertz CT molecular complexity index is 939. The van der Waals surface area contributed by atoms with Crippen molar-refractivity contribution in [2.24, 2.45) is 0 Å². The number of aromatic nitrogens is 1. The van der Waals surface area contributed by atoms with Crippen LogP contribution in [0.25, 0.3) is 11.1 Å². The molecule has 0 aliphatic heterocycles. The molecule has 3 aromatic rings. The summed E-state index contributed by atoms with van der Waals surface area (Å²) in [5.41, 5.74) is 2.71. The number of carbonyl (C=O) groups is 2. The summed E-state index contributed by atoms with van der Waals surface area (Å²) < 4.78 is 5.56. The van der Waals surface area contributed by atoms with Crippen LogP contribution in [0.5, 0.6) is 5.75 Å². The molecule has 1 N–H and O–H groups in total. The average Bonchev–Trinajstić information content (AvgIpc) is 2.72. The van der Waals surface area contributed by atoms with Crippen LogP contribution in [0.2, 0.25) is 0 Å². The lowest BCUT2D eigenvalue weighted by Gasteiger charge is -2.09. The number of pyridine rings is 1. The molecule has 0 atom stereocenters. The number of amides is 1. The van der Waals surface area contributed by atoms with Crippen LogP contribution >= 0.6 is 0 Å². The highest BCUT2D eigenvalue weighted by molar-refractivity contribution is 5.96. The first-order valence-corrected chi connectivity index (χ1v) is 8.66. The number of rotatable bonds is 7. The first kappa shape index (κ1) is 18.3. The minimum absolute atomic E-state index is 0.00266. The standard InChI is InChI=1S/C22H20N2O3/c1-16(25)17-6-5-7-18(12-17)19-13-20(15-23-14-19)22(26)24-10-11-27-21-8-3-2-4-9-21/h2-9,12-15H,10-11H2,1H3,(H,24,26). The highest BCUT2D eigenvalue weighted by Gasteiger charge is 2.09. The highest BCUT2D eigenvalue weighted by atomic mass is 16.5. The Kier molecular flexibility index (Phi) is 5.94. The molecule has 3 rings (SSSR count). The summed E-state index contributed by atoms with van der Waals surface area (Å²) in [5, 5.41) is 2.82. The number of hydrogen-bond acceptors (Lipinski definition) is 4. The van der Waals surface area contributed by atoms with E-state index in [1.807, 2.05) is 42.5 Å². The molecule has 1 heterocycles. The molecular weight excluding hydrogens is 340 g/mol. The van der Waals surface area contributed by atoms with Crippen LogP contribution < -0.4 is 10.1 Å². The molecule has 0 aliphatic carbocycles. The number of Topliss-reactive ketones (excluding diaryl/α,β-unsaturated/α-hetero) is 1. The molecule has 2 aromatic carbocycles. The number of nitrogens with one attached hydrogen (secondary N) is 1. The molecule has 1 amide bonds. The predicted molar refractivity (Wildman–Crippen MR) is 104 cm³/mol. The third-order valence-electron chi connectivity index (χ3n) is 4.00. The van der Waals surface area contributed by atoms with Crippen molar-refractivity contribution in [1.29, 1.82) is 0 Å². The minimum Gasteiger partial charge on any atom is -0.492 e. The zero-order chi connectivity index (χ0) is 19.1. The summed E-state index contributed by atoms with van der Waals surface area (Å²) in [7, 11) is 0. The number of benzene rings is 2. The Morgan fingerprint density at radius 3 is 2.48 bits per heavy atom. The number of nitrogens with zero attached hydrogens (tertiary/aromatic N) is 1. The number of carbonyl (C=O) groups excluding carboxylic acids is 2. The van der Waals surface area contributed by atoms with Gasteiger partial charge in [-0.25, -0.2) is 0 Å². The van der Waals surface area contributed by atoms with Crippen molar-refractivity contribution in [3.8, 4) is 16.9 Å². The van der Waals surface area contributed by atoms with Crippen LogP contribution in [-0.2, 0) is 0 Å². The molecule has 0 radical (unpaired) electrons. The second kappa shape index (κ2) is 8.76. The van der Waals surface area contributed by atoms with Crippen LogP contribution in [0.3, 0.4) is 0 Å². The molecule has 0 aliphatic rings. The van der Waals surface area contributed by atoms with E-state index in [0.29, 0.717) is 24.3 Å². The molecule has 1 aromatic heterocycles. The van der Waals surface area contributed by atoms with Gasteiger partial charge in [-0.3, -0.25) is 14.6 Å². The summed E-state index contributed by atoms with van der Waals surface area (Å²) in [4.78, 5) is 28.1. The third kappa shape index (κ3) is 5.01. The normalized spacial score (nSPS) is 10.3. The maximum Gasteiger partial charge on any atom is 0.252 e. The number of hydrogen-bond donors (Lipinski definition) is 1. The van der Waals surface area contributed by atoms with E-state index in [0.717, 1.165) is 16.9 Å². The Morgan fingerprint density at radius 1 is 0.926 bits per heavy atom. The first-order valence-electron chi connectivity index (χ1n) is 8.66. The van der Waals surface area contributed by atoms with Crippen molar-refractivity contribution in [2.45, 2.75) is 6.92 Å². The van der Waals surface area contributed by atoms with E-state index < -0.39 is 0 Å². The first-order chi connectivity index (χ1) is 13.1. The fourth-order valence-electron chi connectivity index (χ4n) is 2.59. The van der Waals surface area contributed by atoms with Gasteiger partial charge in [0.2, 0.25) is 0 Å². The van der Waals surface area contributed by atoms with Gasteiger partial charge < -0.3 is 10.1 Å². The van der Waals surface area contributed by atoms with E-state index in [2.05, 4.69) is 10.3 Å². The lowest BCUT2D eigenvalue weighted by atomic mass is 10.0. The molecule has 0 unspecified atom stereocenters. The smallest absolute Gasteiger partial charge is 0.252 e. The Balaban J connectivity index is 1.62. The van der Waals surface area contributed by atoms with Crippen molar-refractivity contribution in [1.82, 2.24) is 10.3 Å². The van der Waals surface area contributed by atoms with Crippen LogP contribution in [0, 0.1) is 0 Å². The quantitative estimate of drug-likeness (QED) is 0.514. The van der Waals surface area contributed by atoms with Crippen molar-refractivity contribution in [3.05, 3.63) is 84.2 Å². The summed E-state index contributed by atoms with van der Waals surface area (Å²) in [5.74, 6) is 0.543. The Labute approximate surface area is 158 Å². The maximum atomic E-state index is 12.4. The molecule has 136 valence electrons. The number of ether oxygens (including phenoxy) is 1. The summed E-state index contributed by atoms with van der Waals surface area (Å²) >= 11 is 0. The van der Waals surface area contributed by atoms with Gasteiger partial charge in [0, 0.05) is 23.5 Å². The van der Waals surface area contributed by atoms with Gasteiger partial charge >= 0.3 is 0 Å². The van der Waals surface area contributed by atoms with Gasteiger partial charge in [-0.05, 0) is 36.8 Å². The fraction of sp³-hybridized carbons (Fsp3) is 0.136. The zero-order valence-corrected chi connectivity index (χ0v) is 15.0. The minimum atomic E-state index is -0.219. The second-order valence-corrected chi connectivity index (χ2v) is 6.02. The molecular formula is C22H20N2O3. The lowest BCUT2D eigenvalue weighted by molar-refractivity contribution is 0.0945. The van der Waals surface area contributed by atoms with Gasteiger partial charge in [-0.1, -0.05) is 36.4 Å². The van der Waals surface area contributed by atoms with E-state index in [1.165, 1.54) is 13.1 Å². The van der Waals surface area contributed by atoms with Crippen LogP contribution in [0.1, 0.15) is 27.6 Å². The molecule has 0 saturated heterocycles. The molecule has 0 saturated carbocycles. The van der Waals surface area contributed by atoms with Gasteiger partial charge in [0.15, 0.2) is 5.78 Å². The fourth-order valence-corrected chi connectivity index (χ4v) is 2.59. The molecule has 0 spiro atoms. The zero-order valence-electron chi connectivity index (χ0n) is 15.0. The van der Waals surface area contributed by atoms with Crippen LogP contribution in [-0.4, -0.2) is 29.8 Å². The number of ketones is 1. The van der Waals surface area contributed by atoms with Gasteiger partial charge in [0.1, 0.15) is 12.4 Å². The van der Waals surface area contributed by atoms with E-state index in [9.17, 15) is 9.59 Å². The average molecular weight is 360 g/mol. The van der Waals surface area contributed by atoms with Gasteiger partial charge in [0.25, 0.3) is 5.91 Å². The van der Waals surface area contributed by atoms with E-state index in [1.54, 1.807) is 24.4 Å². The van der Waals surface area contributed by atoms with Crippen LogP contribution in [0.15, 0.2) is 73.1 Å². The predicted octanol–water partition coefficient (Wildman–Crippen LogP) is 3.76. The van der Waals surface area contributed by atoms with Gasteiger partial charge in [-0.15, -0.1) is 0 Å². The lowest BCUT2D eigenvalue weighted by Crippen LogP contribution is -2.28. The molecule has 0 fully saturated rings. The maximum absolute atomic E-state index is 12.4. The summed E-state index contributed by atoms with van der Waals surface area (Å²) in [6, 6.07) is 18.5. The molecule has 0 bridgehead atoms. The van der Waals surface area contributed by atoms with E-state index >= 15 is 0 Å². The van der Waals surface area contributed by atoms with Crippen LogP contribution in [0.4, 0.5) is 0 Å². The topological polar surface area (TPSA) is 68.3 Å². The van der Waals surface area contributed by atoms with Crippen molar-refractivity contribution >= 4 is 11.7 Å². The van der Waals surface area contributed by atoms with E-state index in [-0.39, 0.29) is 11.7 Å². The summed E-state index contributed by atoms with van der Waals surface area (Å²) in [6.45, 7) is 2.29. The van der Waals surface area contributed by atoms with Gasteiger partial charge in [0.05, 0.1) is 12.1 Å². The Morgan fingerprint density at radius 2 is 1.70 bits per heavy atom. The molecule has 27 heavy (non-hydrogen) atoms. The number of para-hydroxylation sites is 1. The van der Waals surface area contributed by atoms with E-state index in [4.69, 9.17) is 4.74 Å².